The van der Waals surface area contributed by atoms with Gasteiger partial charge in [-0.25, -0.2) is 4.98 Å². The Hall–Kier alpha value is -1.60. The first kappa shape index (κ1) is 16.8. The molecular weight excluding hydrogens is 316 g/mol. The zero-order valence-corrected chi connectivity index (χ0v) is 14.6. The molecule has 5 nitrogen and oxygen atoms in total. The van der Waals surface area contributed by atoms with Gasteiger partial charge in [0.1, 0.15) is 5.82 Å². The summed E-state index contributed by atoms with van der Waals surface area (Å²) in [5, 5.41) is 12.6. The lowest BCUT2D eigenvalue weighted by atomic mass is 10.0. The molecule has 0 atom stereocenters. The molecule has 0 aromatic carbocycles. The van der Waals surface area contributed by atoms with Crippen molar-refractivity contribution in [1.82, 2.24) is 20.5 Å². The van der Waals surface area contributed by atoms with Crippen LogP contribution in [0.5, 0.6) is 0 Å². The van der Waals surface area contributed by atoms with E-state index in [0.717, 1.165) is 11.3 Å². The maximum absolute atomic E-state index is 11.9. The van der Waals surface area contributed by atoms with E-state index in [1.165, 1.54) is 11.8 Å². The fraction of sp³-hybridized carbons (Fsp3) is 0.400. The predicted octanol–water partition coefficient (Wildman–Crippen LogP) is 3.43. The molecule has 2 aromatic heterocycles. The van der Waals surface area contributed by atoms with E-state index in [1.807, 2.05) is 43.5 Å². The Morgan fingerprint density at radius 2 is 2.32 bits per heavy atom. The fourth-order valence-electron chi connectivity index (χ4n) is 1.58. The number of thiophene rings is 1. The van der Waals surface area contributed by atoms with Crippen molar-refractivity contribution < 1.29 is 4.79 Å². The van der Waals surface area contributed by atoms with Crippen LogP contribution >= 0.6 is 23.1 Å². The second kappa shape index (κ2) is 7.60. The highest BCUT2D eigenvalue weighted by Gasteiger charge is 2.18. The van der Waals surface area contributed by atoms with Gasteiger partial charge in [-0.05, 0) is 43.9 Å². The first-order valence-electron chi connectivity index (χ1n) is 7.06. The van der Waals surface area contributed by atoms with Crippen LogP contribution in [0.4, 0.5) is 0 Å². The molecule has 0 fully saturated rings. The highest BCUT2D eigenvalue weighted by Crippen LogP contribution is 2.15. The summed E-state index contributed by atoms with van der Waals surface area (Å²) in [4.78, 5) is 17.4. The number of nitrogens with one attached hydrogen (secondary N) is 2. The molecule has 0 saturated heterocycles. The molecule has 2 aromatic rings. The molecule has 0 aliphatic carbocycles. The molecule has 2 N–H and O–H groups in total. The van der Waals surface area contributed by atoms with Crippen LogP contribution in [0.2, 0.25) is 0 Å². The summed E-state index contributed by atoms with van der Waals surface area (Å²) in [6.07, 6.45) is 4.75. The molecule has 7 heteroatoms. The fourth-order valence-corrected chi connectivity index (χ4v) is 2.80. The molecule has 0 unspecified atom stereocenters. The van der Waals surface area contributed by atoms with Crippen LogP contribution in [0.25, 0.3) is 12.2 Å². The number of nitrogens with zero attached hydrogens (tertiary/aromatic N) is 2. The van der Waals surface area contributed by atoms with E-state index in [4.69, 9.17) is 0 Å². The molecule has 0 spiro atoms. The monoisotopic (exact) mass is 336 g/mol. The van der Waals surface area contributed by atoms with Crippen LogP contribution in [0.15, 0.2) is 22.7 Å². The van der Waals surface area contributed by atoms with Gasteiger partial charge in [-0.1, -0.05) is 24.8 Å². The minimum Gasteiger partial charge on any atom is -0.351 e. The zero-order chi connectivity index (χ0) is 16.0. The Morgan fingerprint density at radius 1 is 1.50 bits per heavy atom. The van der Waals surface area contributed by atoms with Crippen molar-refractivity contribution >= 4 is 41.2 Å². The standard InChI is InChI=1S/C15H20N4OS2/c1-4-15(2,3)17-13(20)10-22-14-16-12(18-19-14)8-7-11-6-5-9-21-11/h5-9H,4,10H2,1-3H3,(H,17,20)(H,16,18,19). The van der Waals surface area contributed by atoms with Crippen molar-refractivity contribution in [2.75, 3.05) is 5.75 Å². The van der Waals surface area contributed by atoms with Gasteiger partial charge in [-0.3, -0.25) is 9.89 Å². The molecule has 118 valence electrons. The summed E-state index contributed by atoms with van der Waals surface area (Å²) in [7, 11) is 0. The Morgan fingerprint density at radius 3 is 3.00 bits per heavy atom. The molecule has 0 radical (unpaired) electrons. The van der Waals surface area contributed by atoms with Crippen molar-refractivity contribution in [3.8, 4) is 0 Å². The number of aromatic amines is 1. The van der Waals surface area contributed by atoms with Crippen molar-refractivity contribution in [3.05, 3.63) is 28.2 Å². The van der Waals surface area contributed by atoms with E-state index in [9.17, 15) is 4.79 Å². The largest absolute Gasteiger partial charge is 0.351 e. The SMILES string of the molecule is CCC(C)(C)NC(=O)CSc1n[nH]c(C=Cc2cccs2)n1. The number of hydrogen-bond acceptors (Lipinski definition) is 5. The highest BCUT2D eigenvalue weighted by atomic mass is 32.2. The van der Waals surface area contributed by atoms with Crippen molar-refractivity contribution in [3.63, 3.8) is 0 Å². The van der Waals surface area contributed by atoms with E-state index < -0.39 is 0 Å². The van der Waals surface area contributed by atoms with E-state index in [2.05, 4.69) is 27.4 Å². The molecule has 22 heavy (non-hydrogen) atoms. The van der Waals surface area contributed by atoms with E-state index in [0.29, 0.717) is 16.7 Å². The second-order valence-electron chi connectivity index (χ2n) is 5.43. The van der Waals surface area contributed by atoms with Gasteiger partial charge in [0.15, 0.2) is 0 Å². The van der Waals surface area contributed by atoms with Crippen molar-refractivity contribution in [2.45, 2.75) is 37.9 Å². The minimum atomic E-state index is -0.175. The summed E-state index contributed by atoms with van der Waals surface area (Å²) in [6, 6.07) is 4.04. The number of thioether (sulfide) groups is 1. The van der Waals surface area contributed by atoms with Gasteiger partial charge in [0.25, 0.3) is 0 Å². The Labute approximate surface area is 138 Å². The van der Waals surface area contributed by atoms with Crippen LogP contribution in [0.3, 0.4) is 0 Å². The molecule has 0 saturated carbocycles. The van der Waals surface area contributed by atoms with Gasteiger partial charge in [0, 0.05) is 10.4 Å². The van der Waals surface area contributed by atoms with Crippen molar-refractivity contribution in [1.29, 1.82) is 0 Å². The first-order valence-corrected chi connectivity index (χ1v) is 8.93. The van der Waals surface area contributed by atoms with Crippen LogP contribution in [-0.2, 0) is 4.79 Å². The summed E-state index contributed by atoms with van der Waals surface area (Å²) in [6.45, 7) is 6.07. The van der Waals surface area contributed by atoms with Crippen LogP contribution < -0.4 is 5.32 Å². The van der Waals surface area contributed by atoms with Crippen molar-refractivity contribution in [2.24, 2.45) is 0 Å². The zero-order valence-electron chi connectivity index (χ0n) is 12.9. The first-order chi connectivity index (χ1) is 10.5. The lowest BCUT2D eigenvalue weighted by Gasteiger charge is -2.24. The number of carbonyl (C=O) groups excluding carboxylic acids is 1. The molecule has 0 aliphatic heterocycles. The summed E-state index contributed by atoms with van der Waals surface area (Å²) < 4.78 is 0. The van der Waals surface area contributed by atoms with E-state index in [1.54, 1.807) is 11.3 Å². The number of H-pyrrole nitrogens is 1. The maximum atomic E-state index is 11.9. The number of carbonyl (C=O) groups is 1. The highest BCUT2D eigenvalue weighted by molar-refractivity contribution is 7.99. The average molecular weight is 336 g/mol. The normalized spacial score (nSPS) is 12.0. The van der Waals surface area contributed by atoms with Gasteiger partial charge >= 0.3 is 0 Å². The Bertz CT molecular complexity index is 632. The average Bonchev–Trinajstić information content (AvgIpc) is 3.14. The lowest BCUT2D eigenvalue weighted by Crippen LogP contribution is -2.43. The van der Waals surface area contributed by atoms with Gasteiger partial charge in [-0.2, -0.15) is 0 Å². The van der Waals surface area contributed by atoms with Crippen LogP contribution in [-0.4, -0.2) is 32.4 Å². The van der Waals surface area contributed by atoms with Gasteiger partial charge in [0.2, 0.25) is 11.1 Å². The number of hydrogen-bond donors (Lipinski definition) is 2. The Kier molecular flexibility index (Phi) is 5.79. The topological polar surface area (TPSA) is 70.7 Å². The molecule has 1 amide bonds. The predicted molar refractivity (Wildman–Crippen MR) is 92.9 cm³/mol. The third kappa shape index (κ3) is 5.31. The molecule has 2 heterocycles. The van der Waals surface area contributed by atoms with E-state index >= 15 is 0 Å². The Balaban J connectivity index is 1.83. The van der Waals surface area contributed by atoms with E-state index in [-0.39, 0.29) is 11.4 Å². The number of rotatable bonds is 7. The maximum Gasteiger partial charge on any atom is 0.230 e. The minimum absolute atomic E-state index is 0.00247. The summed E-state index contributed by atoms with van der Waals surface area (Å²) in [5.74, 6) is 0.998. The number of amides is 1. The third-order valence-corrected chi connectivity index (χ3v) is 4.81. The number of aromatic nitrogens is 3. The smallest absolute Gasteiger partial charge is 0.230 e. The van der Waals surface area contributed by atoms with Crippen LogP contribution in [0.1, 0.15) is 37.9 Å². The van der Waals surface area contributed by atoms with Gasteiger partial charge in [0.05, 0.1) is 5.75 Å². The molecule has 0 bridgehead atoms. The molecule has 0 aliphatic rings. The van der Waals surface area contributed by atoms with Gasteiger partial charge in [-0.15, -0.1) is 16.4 Å². The lowest BCUT2D eigenvalue weighted by molar-refractivity contribution is -0.120. The molecular formula is C15H20N4OS2. The summed E-state index contributed by atoms with van der Waals surface area (Å²) >= 11 is 2.99. The quantitative estimate of drug-likeness (QED) is 0.760. The molecule has 2 rings (SSSR count). The summed E-state index contributed by atoms with van der Waals surface area (Å²) in [5.41, 5.74) is -0.175. The van der Waals surface area contributed by atoms with Crippen LogP contribution in [0, 0.1) is 0 Å². The third-order valence-electron chi connectivity index (χ3n) is 3.12. The second-order valence-corrected chi connectivity index (χ2v) is 7.35. The van der Waals surface area contributed by atoms with Gasteiger partial charge < -0.3 is 5.32 Å².